The molecule has 1 aliphatic heterocycles. The van der Waals surface area contributed by atoms with Crippen molar-refractivity contribution in [3.8, 4) is 0 Å². The molecule has 6 aliphatic rings. The van der Waals surface area contributed by atoms with Crippen molar-refractivity contribution in [2.75, 3.05) is 26.9 Å². The number of likely N-dealkylation sites (N-methyl/N-ethyl adjacent to an activating group) is 1. The fourth-order valence-electron chi connectivity index (χ4n) is 13.5. The largest absolute Gasteiger partial charge is 0.481 e. The highest BCUT2D eigenvalue weighted by Gasteiger charge is 2.72. The van der Waals surface area contributed by atoms with Crippen molar-refractivity contribution in [1.29, 1.82) is 0 Å². The number of hydrogen-bond acceptors (Lipinski definition) is 6. The van der Waals surface area contributed by atoms with Crippen LogP contribution in [-0.2, 0) is 14.3 Å². The van der Waals surface area contributed by atoms with E-state index in [0.29, 0.717) is 36.9 Å². The van der Waals surface area contributed by atoms with Gasteiger partial charge in [-0.1, -0.05) is 79.4 Å². The summed E-state index contributed by atoms with van der Waals surface area (Å²) >= 11 is 0. The molecule has 5 fully saturated rings. The molecule has 4 saturated carbocycles. The van der Waals surface area contributed by atoms with Gasteiger partial charge in [-0.05, 0) is 98.3 Å². The van der Waals surface area contributed by atoms with Crippen LogP contribution in [0.2, 0.25) is 0 Å². The Morgan fingerprint density at radius 1 is 1.06 bits per heavy atom. The molecule has 7 rings (SSSR count). The van der Waals surface area contributed by atoms with E-state index in [9.17, 15) is 9.90 Å². The molecular formula is C40H64N4O4. The Bertz CT molecular complexity index is 1390. The third-order valence-corrected chi connectivity index (χ3v) is 16.7. The van der Waals surface area contributed by atoms with E-state index in [1.165, 1.54) is 19.3 Å². The van der Waals surface area contributed by atoms with E-state index < -0.39 is 5.97 Å². The second kappa shape index (κ2) is 11.9. The zero-order chi connectivity index (χ0) is 34.3. The first-order valence-corrected chi connectivity index (χ1v) is 19.4. The second-order valence-electron chi connectivity index (χ2n) is 18.8. The molecule has 48 heavy (non-hydrogen) atoms. The van der Waals surface area contributed by atoms with Gasteiger partial charge in [-0.2, -0.15) is 5.10 Å². The topological polar surface area (TPSA) is 98.5 Å². The van der Waals surface area contributed by atoms with Gasteiger partial charge < -0.3 is 19.9 Å². The van der Waals surface area contributed by atoms with Gasteiger partial charge in [0.15, 0.2) is 0 Å². The number of rotatable bonds is 8. The first-order chi connectivity index (χ1) is 22.7. The number of aliphatic carboxylic acids is 1. The molecule has 1 aromatic rings. The van der Waals surface area contributed by atoms with Crippen molar-refractivity contribution in [2.24, 2.45) is 56.7 Å². The Hall–Kier alpha value is -1.77. The summed E-state index contributed by atoms with van der Waals surface area (Å²) in [5.74, 6) is 0.591. The molecule has 0 spiro atoms. The molecular weight excluding hydrogens is 600 g/mol. The Morgan fingerprint density at radius 3 is 2.46 bits per heavy atom. The monoisotopic (exact) mass is 664 g/mol. The van der Waals surface area contributed by atoms with E-state index in [0.717, 1.165) is 58.0 Å². The molecule has 0 amide bonds. The number of aromatic nitrogens is 3. The molecule has 1 unspecified atom stereocenters. The molecule has 0 aromatic carbocycles. The van der Waals surface area contributed by atoms with Crippen LogP contribution in [-0.4, -0.2) is 64.4 Å². The minimum atomic E-state index is -0.600. The van der Waals surface area contributed by atoms with Crippen molar-refractivity contribution in [1.82, 2.24) is 20.1 Å². The van der Waals surface area contributed by atoms with E-state index >= 15 is 0 Å². The van der Waals surface area contributed by atoms with E-state index in [1.54, 1.807) is 11.9 Å². The Morgan fingerprint density at radius 2 is 1.81 bits per heavy atom. The summed E-state index contributed by atoms with van der Waals surface area (Å²) in [6.07, 6.45) is 18.2. The first-order valence-electron chi connectivity index (χ1n) is 19.4. The molecule has 8 nitrogen and oxygen atoms in total. The third kappa shape index (κ3) is 4.73. The molecule has 8 heteroatoms. The lowest BCUT2D eigenvalue weighted by atomic mass is 9.34. The van der Waals surface area contributed by atoms with Gasteiger partial charge >= 0.3 is 5.97 Å². The number of allylic oxidation sites excluding steroid dienone is 1. The lowest BCUT2D eigenvalue weighted by Gasteiger charge is -2.71. The summed E-state index contributed by atoms with van der Waals surface area (Å²) in [6.45, 7) is 18.5. The smallest absolute Gasteiger partial charge is 0.307 e. The Kier molecular flexibility index (Phi) is 8.59. The van der Waals surface area contributed by atoms with Crippen LogP contribution in [0.5, 0.6) is 0 Å². The molecule has 1 saturated heterocycles. The quantitative estimate of drug-likeness (QED) is 0.275. The van der Waals surface area contributed by atoms with Crippen LogP contribution in [0.1, 0.15) is 125 Å². The minimum absolute atomic E-state index is 0.0252. The first kappa shape index (κ1) is 34.7. The van der Waals surface area contributed by atoms with Crippen LogP contribution in [0.4, 0.5) is 0 Å². The number of carboxylic acids is 1. The predicted octanol–water partition coefficient (Wildman–Crippen LogP) is 7.72. The number of carboxylic acid groups (broad SMARTS) is 1. The van der Waals surface area contributed by atoms with E-state index in [1.807, 2.05) is 6.33 Å². The van der Waals surface area contributed by atoms with Gasteiger partial charge in [-0.25, -0.2) is 9.67 Å². The molecule has 2 N–H and O–H groups in total. The van der Waals surface area contributed by atoms with Crippen LogP contribution in [0, 0.1) is 56.7 Å². The fraction of sp³-hybridized carbons (Fsp3) is 0.875. The number of nitrogens with zero attached hydrogens (tertiary/aromatic N) is 3. The zero-order valence-electron chi connectivity index (χ0n) is 31.2. The maximum absolute atomic E-state index is 13.5. The minimum Gasteiger partial charge on any atom is -0.481 e. The lowest BCUT2D eigenvalue weighted by molar-refractivity contribution is -0.253. The summed E-state index contributed by atoms with van der Waals surface area (Å²) in [5.41, 5.74) is 0.643. The van der Waals surface area contributed by atoms with Crippen LogP contribution in [0.15, 0.2) is 24.3 Å². The summed E-state index contributed by atoms with van der Waals surface area (Å²) < 4.78 is 16.1. The van der Waals surface area contributed by atoms with Gasteiger partial charge in [0.1, 0.15) is 12.7 Å². The molecule has 2 heterocycles. The average Bonchev–Trinajstić information content (AvgIpc) is 3.59. The lowest BCUT2D eigenvalue weighted by Crippen LogP contribution is -2.69. The second-order valence-corrected chi connectivity index (χ2v) is 18.8. The normalized spacial score (nSPS) is 45.8. The van der Waals surface area contributed by atoms with Crippen LogP contribution >= 0.6 is 0 Å². The van der Waals surface area contributed by atoms with Gasteiger partial charge in [0, 0.05) is 16.4 Å². The van der Waals surface area contributed by atoms with Crippen molar-refractivity contribution in [2.45, 2.75) is 137 Å². The molecule has 268 valence electrons. The summed E-state index contributed by atoms with van der Waals surface area (Å²) in [5, 5.41) is 19.5. The molecule has 2 bridgehead atoms. The van der Waals surface area contributed by atoms with Gasteiger partial charge in [-0.3, -0.25) is 4.79 Å². The standard InChI is InChI=1S/C40H64N4O4/c1-26(2)27(3)35(4)18-19-37(6)28-12-13-31-36(5)21-47-23-40(31,29(28)14-17-38(37,7)32(35)34(45)46)20-30(44-25-42-24-43-44)33(36)48-22-39(41-8)15-10-9-11-16-39/h14,24-28,30-33,41H,9-13,15-23H2,1-8H3,(H,45,46)/t27-,28+,30-,31+,32-,33+,35-,36?,37-,38+,40+/m1/s1. The van der Waals surface area contributed by atoms with Gasteiger partial charge in [0.2, 0.25) is 0 Å². The number of nitrogens with one attached hydrogen (secondary N) is 1. The van der Waals surface area contributed by atoms with Crippen LogP contribution in [0.3, 0.4) is 0 Å². The fourth-order valence-corrected chi connectivity index (χ4v) is 13.5. The number of fused-ring (bicyclic) bond motifs is 3. The highest BCUT2D eigenvalue weighted by molar-refractivity contribution is 5.73. The Labute approximate surface area is 289 Å². The maximum atomic E-state index is 13.5. The van der Waals surface area contributed by atoms with E-state index in [4.69, 9.17) is 14.6 Å². The molecule has 11 atom stereocenters. The zero-order valence-corrected chi connectivity index (χ0v) is 31.2. The van der Waals surface area contributed by atoms with Crippen molar-refractivity contribution < 1.29 is 19.4 Å². The van der Waals surface area contributed by atoms with Crippen molar-refractivity contribution in [3.05, 3.63) is 24.3 Å². The van der Waals surface area contributed by atoms with Crippen LogP contribution in [0.25, 0.3) is 0 Å². The summed E-state index contributed by atoms with van der Waals surface area (Å²) in [7, 11) is 2.11. The summed E-state index contributed by atoms with van der Waals surface area (Å²) in [4.78, 5) is 17.9. The molecule has 0 radical (unpaired) electrons. The van der Waals surface area contributed by atoms with Gasteiger partial charge in [0.05, 0.1) is 37.9 Å². The highest BCUT2D eigenvalue weighted by atomic mass is 16.5. The molecule has 1 aromatic heterocycles. The van der Waals surface area contributed by atoms with E-state index in [-0.39, 0.29) is 50.7 Å². The van der Waals surface area contributed by atoms with Gasteiger partial charge in [-0.15, -0.1) is 0 Å². The number of hydrogen-bond donors (Lipinski definition) is 2. The SMILES string of the molecule is CNC1(CO[C@H]2[C@H](n3cncn3)C[C@@]34COCC2(C)[C@@H]3CC[C@H]2C4=CC[C@@]3(C)[C@H](C(=O)O)[C@@](C)([C@H](C)C(C)C)CC[C@]23C)CCCCC1. The van der Waals surface area contributed by atoms with Crippen LogP contribution < -0.4 is 5.32 Å². The average molecular weight is 665 g/mol. The van der Waals surface area contributed by atoms with Crippen molar-refractivity contribution >= 4 is 5.97 Å². The summed E-state index contributed by atoms with van der Waals surface area (Å²) in [6, 6.07) is 0.0595. The van der Waals surface area contributed by atoms with E-state index in [2.05, 4.69) is 76.6 Å². The van der Waals surface area contributed by atoms with Gasteiger partial charge in [0.25, 0.3) is 0 Å². The Balaban J connectivity index is 1.28. The number of carbonyl (C=O) groups is 1. The highest BCUT2D eigenvalue weighted by Crippen LogP contribution is 2.75. The maximum Gasteiger partial charge on any atom is 0.307 e. The number of ether oxygens (including phenoxy) is 2. The predicted molar refractivity (Wildman–Crippen MR) is 187 cm³/mol. The van der Waals surface area contributed by atoms with Crippen molar-refractivity contribution in [3.63, 3.8) is 0 Å². The molecule has 5 aliphatic carbocycles. The third-order valence-electron chi connectivity index (χ3n) is 16.7.